The van der Waals surface area contributed by atoms with Gasteiger partial charge in [-0.15, -0.1) is 0 Å². The molecular weight excluding hydrogens is 280 g/mol. The minimum atomic E-state index is -2.80. The van der Waals surface area contributed by atoms with Gasteiger partial charge in [0.15, 0.2) is 5.82 Å². The number of rotatable bonds is 1. The quantitative estimate of drug-likeness (QED) is 0.719. The zero-order valence-corrected chi connectivity index (χ0v) is 9.78. The predicted molar refractivity (Wildman–Crippen MR) is 59.5 cm³/mol. The Morgan fingerprint density at radius 1 is 1.06 bits per heavy atom. The van der Waals surface area contributed by atoms with Crippen molar-refractivity contribution in [3.63, 3.8) is 0 Å². The van der Waals surface area contributed by atoms with Crippen molar-refractivity contribution < 1.29 is 8.78 Å². The van der Waals surface area contributed by atoms with Crippen LogP contribution in [0.3, 0.4) is 0 Å². The lowest BCUT2D eigenvalue weighted by molar-refractivity contribution is 0.141. The van der Waals surface area contributed by atoms with Crippen molar-refractivity contribution in [3.8, 4) is 0 Å². The van der Waals surface area contributed by atoms with E-state index in [1.54, 1.807) is 0 Å². The van der Waals surface area contributed by atoms with E-state index >= 15 is 0 Å². The summed E-state index contributed by atoms with van der Waals surface area (Å²) in [6.45, 7) is 0. The molecule has 84 valence electrons. The number of nitrogens with zero attached hydrogens (tertiary/aromatic N) is 2. The highest BCUT2D eigenvalue weighted by Gasteiger charge is 2.16. The molecule has 0 saturated heterocycles. The third-order valence-electron chi connectivity index (χ3n) is 1.88. The molecule has 1 aromatic heterocycles. The van der Waals surface area contributed by atoms with Gasteiger partial charge in [-0.2, -0.15) is 0 Å². The molecule has 2 aromatic rings. The standard InChI is InChI=1S/C9H3Cl3F2N2/c10-3-1-4-6(5(11)2-3)15-9(8(13)14)16-7(4)12/h1-2,8H. The highest BCUT2D eigenvalue weighted by atomic mass is 35.5. The number of aromatic nitrogens is 2. The van der Waals surface area contributed by atoms with E-state index in [2.05, 4.69) is 9.97 Å². The maximum Gasteiger partial charge on any atom is 0.297 e. The Balaban J connectivity index is 2.82. The molecule has 0 aliphatic rings. The van der Waals surface area contributed by atoms with Crippen LogP contribution in [0, 0.1) is 0 Å². The summed E-state index contributed by atoms with van der Waals surface area (Å²) in [4.78, 5) is 7.11. The van der Waals surface area contributed by atoms with Gasteiger partial charge in [-0.25, -0.2) is 18.7 Å². The second-order valence-corrected chi connectivity index (χ2v) is 4.16. The van der Waals surface area contributed by atoms with Crippen LogP contribution in [-0.2, 0) is 0 Å². The fourth-order valence-corrected chi connectivity index (χ4v) is 2.00. The Hall–Kier alpha value is -0.710. The van der Waals surface area contributed by atoms with E-state index < -0.39 is 12.2 Å². The molecule has 0 fully saturated rings. The summed E-state index contributed by atoms with van der Waals surface area (Å²) in [7, 11) is 0. The molecule has 0 radical (unpaired) electrons. The van der Waals surface area contributed by atoms with E-state index in [4.69, 9.17) is 34.8 Å². The lowest BCUT2D eigenvalue weighted by Gasteiger charge is -2.05. The average Bonchev–Trinajstić information content (AvgIpc) is 2.19. The zero-order valence-electron chi connectivity index (χ0n) is 7.52. The summed E-state index contributed by atoms with van der Waals surface area (Å²) in [5, 5.41) is 0.759. The first-order valence-corrected chi connectivity index (χ1v) is 5.23. The summed E-state index contributed by atoms with van der Waals surface area (Å²) in [6.07, 6.45) is -2.80. The first-order valence-electron chi connectivity index (χ1n) is 4.09. The SMILES string of the molecule is FC(F)c1nc(Cl)c2cc(Cl)cc(Cl)c2n1. The first-order chi connectivity index (χ1) is 7.49. The second kappa shape index (κ2) is 4.28. The van der Waals surface area contributed by atoms with Crippen LogP contribution in [0.25, 0.3) is 10.9 Å². The molecule has 0 aliphatic carbocycles. The van der Waals surface area contributed by atoms with Crippen molar-refractivity contribution in [3.05, 3.63) is 33.2 Å². The number of halogens is 5. The van der Waals surface area contributed by atoms with E-state index in [0.717, 1.165) is 0 Å². The minimum Gasteiger partial charge on any atom is -0.226 e. The number of hydrogen-bond acceptors (Lipinski definition) is 2. The molecule has 0 atom stereocenters. The molecule has 1 aromatic carbocycles. The number of fused-ring (bicyclic) bond motifs is 1. The predicted octanol–water partition coefficient (Wildman–Crippen LogP) is 4.53. The van der Waals surface area contributed by atoms with Crippen molar-refractivity contribution in [2.24, 2.45) is 0 Å². The van der Waals surface area contributed by atoms with Gasteiger partial charge in [-0.05, 0) is 12.1 Å². The molecule has 0 aliphatic heterocycles. The van der Waals surface area contributed by atoms with Crippen LogP contribution >= 0.6 is 34.8 Å². The molecule has 2 rings (SSSR count). The minimum absolute atomic E-state index is 0.0929. The topological polar surface area (TPSA) is 25.8 Å². The van der Waals surface area contributed by atoms with E-state index in [0.29, 0.717) is 10.4 Å². The summed E-state index contributed by atoms with van der Waals surface area (Å²) in [5.41, 5.74) is 0.168. The van der Waals surface area contributed by atoms with Crippen molar-refractivity contribution in [2.75, 3.05) is 0 Å². The number of benzene rings is 1. The Kier molecular flexibility index (Phi) is 3.15. The lowest BCUT2D eigenvalue weighted by atomic mass is 10.2. The van der Waals surface area contributed by atoms with E-state index in [1.165, 1.54) is 12.1 Å². The van der Waals surface area contributed by atoms with Gasteiger partial charge in [0.2, 0.25) is 0 Å². The van der Waals surface area contributed by atoms with Crippen LogP contribution in [0.5, 0.6) is 0 Å². The lowest BCUT2D eigenvalue weighted by Crippen LogP contribution is -1.97. The molecule has 16 heavy (non-hydrogen) atoms. The maximum atomic E-state index is 12.4. The first kappa shape index (κ1) is 11.8. The zero-order chi connectivity index (χ0) is 11.9. The van der Waals surface area contributed by atoms with Gasteiger partial charge in [-0.1, -0.05) is 34.8 Å². The molecule has 0 unspecified atom stereocenters. The average molecular weight is 283 g/mol. The van der Waals surface area contributed by atoms with Crippen LogP contribution in [0.15, 0.2) is 12.1 Å². The summed E-state index contributed by atoms with van der Waals surface area (Å²) in [5.74, 6) is -0.651. The van der Waals surface area contributed by atoms with Gasteiger partial charge < -0.3 is 0 Å². The molecule has 7 heteroatoms. The van der Waals surface area contributed by atoms with Gasteiger partial charge in [0.25, 0.3) is 6.43 Å². The van der Waals surface area contributed by atoms with E-state index in [1.807, 2.05) is 0 Å². The molecule has 0 N–H and O–H groups in total. The third kappa shape index (κ3) is 2.05. The van der Waals surface area contributed by atoms with Gasteiger partial charge in [0.05, 0.1) is 10.5 Å². The van der Waals surface area contributed by atoms with Crippen molar-refractivity contribution in [1.29, 1.82) is 0 Å². The van der Waals surface area contributed by atoms with Crippen molar-refractivity contribution in [2.45, 2.75) is 6.43 Å². The van der Waals surface area contributed by atoms with Crippen LogP contribution in [0.2, 0.25) is 15.2 Å². The van der Waals surface area contributed by atoms with Crippen LogP contribution in [-0.4, -0.2) is 9.97 Å². The number of alkyl halides is 2. The monoisotopic (exact) mass is 282 g/mol. The van der Waals surface area contributed by atoms with Crippen LogP contribution in [0.4, 0.5) is 8.78 Å². The summed E-state index contributed by atoms with van der Waals surface area (Å²) < 4.78 is 24.9. The Morgan fingerprint density at radius 2 is 1.75 bits per heavy atom. The fraction of sp³-hybridized carbons (Fsp3) is 0.111. The van der Waals surface area contributed by atoms with Gasteiger partial charge in [-0.3, -0.25) is 0 Å². The van der Waals surface area contributed by atoms with Gasteiger partial charge >= 0.3 is 0 Å². The third-order valence-corrected chi connectivity index (χ3v) is 2.68. The Morgan fingerprint density at radius 3 is 2.38 bits per heavy atom. The maximum absolute atomic E-state index is 12.4. The normalized spacial score (nSPS) is 11.4. The number of hydrogen-bond donors (Lipinski definition) is 0. The Labute approximate surface area is 104 Å². The highest BCUT2D eigenvalue weighted by molar-refractivity contribution is 6.40. The second-order valence-electron chi connectivity index (χ2n) is 2.96. The largest absolute Gasteiger partial charge is 0.297 e. The van der Waals surface area contributed by atoms with E-state index in [9.17, 15) is 8.78 Å². The smallest absolute Gasteiger partial charge is 0.226 e. The van der Waals surface area contributed by atoms with Crippen molar-refractivity contribution in [1.82, 2.24) is 9.97 Å². The van der Waals surface area contributed by atoms with Gasteiger partial charge in [0, 0.05) is 10.4 Å². The van der Waals surface area contributed by atoms with Gasteiger partial charge in [0.1, 0.15) is 5.15 Å². The highest BCUT2D eigenvalue weighted by Crippen LogP contribution is 2.31. The Bertz CT molecular complexity index is 560. The molecule has 2 nitrogen and oxygen atoms in total. The molecule has 0 spiro atoms. The molecule has 0 bridgehead atoms. The fourth-order valence-electron chi connectivity index (χ4n) is 1.23. The summed E-state index contributed by atoms with van der Waals surface area (Å²) >= 11 is 17.3. The van der Waals surface area contributed by atoms with Crippen LogP contribution < -0.4 is 0 Å². The van der Waals surface area contributed by atoms with Crippen LogP contribution in [0.1, 0.15) is 12.2 Å². The molecule has 0 saturated carbocycles. The van der Waals surface area contributed by atoms with Crippen molar-refractivity contribution >= 4 is 45.7 Å². The molecular formula is C9H3Cl3F2N2. The summed E-state index contributed by atoms with van der Waals surface area (Å²) in [6, 6.07) is 2.88. The van der Waals surface area contributed by atoms with E-state index in [-0.39, 0.29) is 15.7 Å². The molecule has 0 amide bonds. The molecule has 1 heterocycles.